The zero-order valence-corrected chi connectivity index (χ0v) is 24.2. The van der Waals surface area contributed by atoms with Crippen molar-refractivity contribution < 1.29 is 17.6 Å². The number of rotatable bonds is 11. The molecule has 8 nitrogen and oxygen atoms in total. The highest BCUT2D eigenvalue weighted by molar-refractivity contribution is 7.99. The van der Waals surface area contributed by atoms with E-state index >= 15 is 0 Å². The molecule has 1 N–H and O–H groups in total. The molecule has 1 aromatic heterocycles. The van der Waals surface area contributed by atoms with Crippen LogP contribution < -0.4 is 5.32 Å². The summed E-state index contributed by atoms with van der Waals surface area (Å²) in [7, 11) is -3.58. The zero-order chi connectivity index (χ0) is 27.1. The van der Waals surface area contributed by atoms with E-state index in [0.717, 1.165) is 49.4 Å². The third kappa shape index (κ3) is 7.30. The van der Waals surface area contributed by atoms with Crippen LogP contribution in [0, 0.1) is 0 Å². The van der Waals surface area contributed by atoms with Gasteiger partial charge in [0.05, 0.1) is 10.6 Å². The number of carbonyl (C=O) groups excluding carboxylic acids is 1. The van der Waals surface area contributed by atoms with Gasteiger partial charge in [-0.1, -0.05) is 66.9 Å². The van der Waals surface area contributed by atoms with Crippen molar-refractivity contribution in [2.75, 3.05) is 25.4 Å². The predicted molar refractivity (Wildman–Crippen MR) is 150 cm³/mol. The second kappa shape index (κ2) is 13.3. The summed E-state index contributed by atoms with van der Waals surface area (Å²) in [6.07, 6.45) is 4.59. The van der Waals surface area contributed by atoms with Crippen molar-refractivity contribution >= 4 is 50.9 Å². The van der Waals surface area contributed by atoms with Gasteiger partial charge >= 0.3 is 0 Å². The molecule has 0 aliphatic carbocycles. The van der Waals surface area contributed by atoms with Crippen molar-refractivity contribution in [3.8, 4) is 11.5 Å². The van der Waals surface area contributed by atoms with Crippen molar-refractivity contribution in [1.82, 2.24) is 19.8 Å². The molecular formula is C26H30Cl2N4O4S2. The fourth-order valence-corrected chi connectivity index (χ4v) is 7.11. The van der Waals surface area contributed by atoms with Crippen molar-refractivity contribution in [2.24, 2.45) is 0 Å². The van der Waals surface area contributed by atoms with Gasteiger partial charge in [-0.05, 0) is 55.2 Å². The van der Waals surface area contributed by atoms with Crippen molar-refractivity contribution in [1.29, 1.82) is 0 Å². The lowest BCUT2D eigenvalue weighted by molar-refractivity contribution is -0.118. The van der Waals surface area contributed by atoms with Crippen LogP contribution in [-0.4, -0.2) is 54.2 Å². The summed E-state index contributed by atoms with van der Waals surface area (Å²) in [4.78, 5) is 12.7. The molecule has 2 aromatic carbocycles. The lowest BCUT2D eigenvalue weighted by Crippen LogP contribution is -2.35. The van der Waals surface area contributed by atoms with Gasteiger partial charge in [0.2, 0.25) is 21.8 Å². The molecule has 1 aliphatic rings. The number of sulfonamides is 1. The van der Waals surface area contributed by atoms with Gasteiger partial charge in [0.25, 0.3) is 5.22 Å². The Bertz CT molecular complexity index is 1360. The minimum atomic E-state index is -3.58. The standard InChI is InChI=1S/C26H30Cl2N4O4S2/c1-2-7-19(22-11-10-20(27)15-23(22)28)16-29-24(33)17-37-26-31-30-25(36-26)18-8-6-9-21(14-18)38(34,35)32-12-4-3-5-13-32/h6,8-11,14-15,19H,2-5,7,12-13,16-17H2,1H3,(H,29,33)/t19-/m1/s1. The van der Waals surface area contributed by atoms with Crippen LogP contribution in [0.1, 0.15) is 50.5 Å². The number of thioether (sulfide) groups is 1. The highest BCUT2D eigenvalue weighted by Gasteiger charge is 2.26. The van der Waals surface area contributed by atoms with Crippen molar-refractivity contribution in [3.63, 3.8) is 0 Å². The number of piperidine rings is 1. The van der Waals surface area contributed by atoms with E-state index in [4.69, 9.17) is 27.6 Å². The van der Waals surface area contributed by atoms with Crippen LogP contribution in [0.2, 0.25) is 10.0 Å². The summed E-state index contributed by atoms with van der Waals surface area (Å²) in [6, 6.07) is 11.9. The second-order valence-corrected chi connectivity index (χ2v) is 12.8. The maximum absolute atomic E-state index is 13.0. The summed E-state index contributed by atoms with van der Waals surface area (Å²) >= 11 is 13.5. The fraction of sp³-hybridized carbons (Fsp3) is 0.423. The van der Waals surface area contributed by atoms with Gasteiger partial charge < -0.3 is 9.73 Å². The van der Waals surface area contributed by atoms with E-state index in [-0.39, 0.29) is 33.6 Å². The van der Waals surface area contributed by atoms with Gasteiger partial charge in [0, 0.05) is 41.2 Å². The Morgan fingerprint density at radius 3 is 2.66 bits per heavy atom. The third-order valence-electron chi connectivity index (χ3n) is 6.35. The Balaban J connectivity index is 1.34. The van der Waals surface area contributed by atoms with Gasteiger partial charge in [-0.25, -0.2) is 8.42 Å². The topological polar surface area (TPSA) is 105 Å². The molecule has 204 valence electrons. The first kappa shape index (κ1) is 28.9. The largest absolute Gasteiger partial charge is 0.411 e. The third-order valence-corrected chi connectivity index (χ3v) is 9.63. The normalized spacial score (nSPS) is 15.3. The maximum Gasteiger partial charge on any atom is 0.277 e. The van der Waals surface area contributed by atoms with E-state index in [9.17, 15) is 13.2 Å². The lowest BCUT2D eigenvalue weighted by atomic mass is 9.94. The summed E-state index contributed by atoms with van der Waals surface area (Å²) in [5.41, 5.74) is 1.46. The van der Waals surface area contributed by atoms with Gasteiger partial charge in [-0.3, -0.25) is 4.79 Å². The van der Waals surface area contributed by atoms with E-state index in [1.807, 2.05) is 6.07 Å². The van der Waals surface area contributed by atoms with E-state index in [0.29, 0.717) is 35.2 Å². The molecule has 0 radical (unpaired) electrons. The lowest BCUT2D eigenvalue weighted by Gasteiger charge is -2.25. The van der Waals surface area contributed by atoms with Gasteiger partial charge in [0.1, 0.15) is 0 Å². The smallest absolute Gasteiger partial charge is 0.277 e. The Hall–Kier alpha value is -2.11. The highest BCUT2D eigenvalue weighted by Crippen LogP contribution is 2.31. The van der Waals surface area contributed by atoms with Crippen molar-refractivity contribution in [2.45, 2.75) is 55.1 Å². The molecule has 4 rings (SSSR count). The van der Waals surface area contributed by atoms with Crippen LogP contribution in [0.5, 0.6) is 0 Å². The highest BCUT2D eigenvalue weighted by atomic mass is 35.5. The molecule has 1 atom stereocenters. The van der Waals surface area contributed by atoms with E-state index in [2.05, 4.69) is 22.4 Å². The molecule has 1 aliphatic heterocycles. The molecule has 3 aromatic rings. The first-order chi connectivity index (χ1) is 18.3. The molecule has 1 amide bonds. The molecule has 2 heterocycles. The number of amides is 1. The van der Waals surface area contributed by atoms with Crippen LogP contribution in [0.25, 0.3) is 11.5 Å². The summed E-state index contributed by atoms with van der Waals surface area (Å²) in [6.45, 7) is 3.59. The number of halogens is 2. The van der Waals surface area contributed by atoms with Crippen LogP contribution in [-0.2, 0) is 14.8 Å². The first-order valence-electron chi connectivity index (χ1n) is 12.6. The summed E-state index contributed by atoms with van der Waals surface area (Å²) in [5, 5.41) is 12.4. The van der Waals surface area contributed by atoms with Crippen LogP contribution in [0.3, 0.4) is 0 Å². The summed E-state index contributed by atoms with van der Waals surface area (Å²) in [5.74, 6) is 0.194. The Morgan fingerprint density at radius 1 is 1.13 bits per heavy atom. The average Bonchev–Trinajstić information content (AvgIpc) is 3.40. The monoisotopic (exact) mass is 596 g/mol. The Morgan fingerprint density at radius 2 is 1.92 bits per heavy atom. The van der Waals surface area contributed by atoms with Crippen LogP contribution in [0.4, 0.5) is 0 Å². The number of hydrogen-bond donors (Lipinski definition) is 1. The zero-order valence-electron chi connectivity index (χ0n) is 21.0. The Kier molecular flexibility index (Phi) is 10.1. The fourth-order valence-electron chi connectivity index (χ4n) is 4.39. The molecular weight excluding hydrogens is 567 g/mol. The van der Waals surface area contributed by atoms with E-state index in [1.165, 1.54) is 4.31 Å². The number of aromatic nitrogens is 2. The Labute approximate surface area is 237 Å². The van der Waals surface area contributed by atoms with Gasteiger partial charge in [-0.2, -0.15) is 4.31 Å². The van der Waals surface area contributed by atoms with Gasteiger partial charge in [0.15, 0.2) is 0 Å². The molecule has 0 spiro atoms. The molecule has 12 heteroatoms. The SMILES string of the molecule is CCC[C@H](CNC(=O)CSc1nnc(-c2cccc(S(=O)(=O)N3CCCCC3)c2)o1)c1ccc(Cl)cc1Cl. The number of carbonyl (C=O) groups is 1. The minimum Gasteiger partial charge on any atom is -0.411 e. The quantitative estimate of drug-likeness (QED) is 0.270. The van der Waals surface area contributed by atoms with Gasteiger partial charge in [-0.15, -0.1) is 10.2 Å². The van der Waals surface area contributed by atoms with Crippen LogP contribution >= 0.6 is 35.0 Å². The molecule has 0 saturated carbocycles. The summed E-state index contributed by atoms with van der Waals surface area (Å²) < 4.78 is 33.3. The molecule has 0 unspecified atom stereocenters. The number of nitrogens with zero attached hydrogens (tertiary/aromatic N) is 3. The van der Waals surface area contributed by atoms with Crippen LogP contribution in [0.15, 0.2) is 57.0 Å². The molecule has 0 bridgehead atoms. The first-order valence-corrected chi connectivity index (χ1v) is 15.7. The number of benzene rings is 2. The molecule has 1 fully saturated rings. The number of hydrogen-bond acceptors (Lipinski definition) is 7. The van der Waals surface area contributed by atoms with Crippen molar-refractivity contribution in [3.05, 3.63) is 58.1 Å². The molecule has 38 heavy (non-hydrogen) atoms. The average molecular weight is 598 g/mol. The second-order valence-electron chi connectivity index (χ2n) is 9.11. The number of nitrogens with one attached hydrogen (secondary N) is 1. The van der Waals surface area contributed by atoms with E-state index < -0.39 is 10.0 Å². The maximum atomic E-state index is 13.0. The molecule has 1 saturated heterocycles. The predicted octanol–water partition coefficient (Wildman–Crippen LogP) is 6.01. The minimum absolute atomic E-state index is 0.0715. The van der Waals surface area contributed by atoms with E-state index in [1.54, 1.807) is 36.4 Å².